The summed E-state index contributed by atoms with van der Waals surface area (Å²) in [5.41, 5.74) is 2.89. The molecule has 0 aromatic heterocycles. The Hall–Kier alpha value is -0.910. The van der Waals surface area contributed by atoms with Gasteiger partial charge in [-0.3, -0.25) is 0 Å². The smallest absolute Gasteiger partial charge is 0.113 e. The lowest BCUT2D eigenvalue weighted by atomic mass is 9.87. The fourth-order valence-corrected chi connectivity index (χ4v) is 3.68. The molecular weight excluding hydrogens is 274 g/mol. The summed E-state index contributed by atoms with van der Waals surface area (Å²) in [5.74, 6) is -0.235. The molecule has 0 saturated heterocycles. The number of benzene rings is 1. The zero-order valence-corrected chi connectivity index (χ0v) is 12.8. The largest absolute Gasteiger partial charge is 0.748 e. The van der Waals surface area contributed by atoms with Crippen LogP contribution in [-0.2, 0) is 16.5 Å². The highest BCUT2D eigenvalue weighted by atomic mass is 32.2. The molecule has 2 rings (SSSR count). The minimum atomic E-state index is -4.05. The van der Waals surface area contributed by atoms with Gasteiger partial charge in [0.15, 0.2) is 0 Å². The summed E-state index contributed by atoms with van der Waals surface area (Å²) >= 11 is 0. The number of aryl methyl sites for hydroxylation is 1. The van der Waals surface area contributed by atoms with Crippen LogP contribution >= 0.6 is 0 Å². The van der Waals surface area contributed by atoms with Crippen molar-refractivity contribution < 1.29 is 17.9 Å². The van der Waals surface area contributed by atoms with Crippen LogP contribution in [0, 0.1) is 0 Å². The number of unbranched alkanes of at least 4 members (excludes halogenated alkanes) is 1. The van der Waals surface area contributed by atoms with Crippen LogP contribution in [0.15, 0.2) is 24.3 Å². The van der Waals surface area contributed by atoms with E-state index < -0.39 is 10.1 Å². The van der Waals surface area contributed by atoms with Crippen LogP contribution in [0.2, 0.25) is 0 Å². The van der Waals surface area contributed by atoms with Crippen molar-refractivity contribution in [3.63, 3.8) is 0 Å². The highest BCUT2D eigenvalue weighted by Gasteiger charge is 2.26. The Kier molecular flexibility index (Phi) is 5.18. The van der Waals surface area contributed by atoms with Crippen LogP contribution in [0.3, 0.4) is 0 Å². The van der Waals surface area contributed by atoms with Crippen LogP contribution in [-0.4, -0.2) is 32.3 Å². The van der Waals surface area contributed by atoms with Gasteiger partial charge in [0.25, 0.3) is 0 Å². The van der Waals surface area contributed by atoms with E-state index in [0.29, 0.717) is 12.5 Å². The number of nitrogens with one attached hydrogen (secondary N) is 1. The van der Waals surface area contributed by atoms with Gasteiger partial charge in [-0.1, -0.05) is 24.3 Å². The van der Waals surface area contributed by atoms with Crippen molar-refractivity contribution in [2.24, 2.45) is 0 Å². The Balaban J connectivity index is 1.89. The standard InChI is InChI=1S/C15H23NO3S/c1-16(11-4-5-12-20(17,18)19)15-10-6-8-13-7-2-3-9-14(13)15/h2-3,7,9,15H,4-6,8,10-12H2,1H3,(H,17,18,19)/t15-/m0/s1. The molecule has 0 spiro atoms. The number of hydrogen-bond acceptors (Lipinski definition) is 3. The maximum absolute atomic E-state index is 10.6. The van der Waals surface area contributed by atoms with E-state index >= 15 is 0 Å². The van der Waals surface area contributed by atoms with Crippen molar-refractivity contribution in [3.8, 4) is 0 Å². The summed E-state index contributed by atoms with van der Waals surface area (Å²) in [6.07, 6.45) is 4.81. The first kappa shape index (κ1) is 15.5. The molecule has 4 nitrogen and oxygen atoms in total. The molecule has 1 unspecified atom stereocenters. The molecule has 0 amide bonds. The lowest BCUT2D eigenvalue weighted by Gasteiger charge is -2.30. The number of quaternary nitrogens is 1. The van der Waals surface area contributed by atoms with Gasteiger partial charge in [-0.15, -0.1) is 0 Å². The van der Waals surface area contributed by atoms with Gasteiger partial charge >= 0.3 is 0 Å². The maximum Gasteiger partial charge on any atom is 0.113 e. The second-order valence-corrected chi connectivity index (χ2v) is 7.23. The molecule has 0 fully saturated rings. The summed E-state index contributed by atoms with van der Waals surface area (Å²) in [5, 5.41) is 0. The van der Waals surface area contributed by atoms with Crippen molar-refractivity contribution in [1.29, 1.82) is 0 Å². The predicted octanol–water partition coefficient (Wildman–Crippen LogP) is 0.904. The second-order valence-electron chi connectivity index (χ2n) is 5.71. The van der Waals surface area contributed by atoms with E-state index in [1.165, 1.54) is 28.9 Å². The van der Waals surface area contributed by atoms with Crippen molar-refractivity contribution in [2.75, 3.05) is 19.3 Å². The first-order valence-electron chi connectivity index (χ1n) is 7.31. The van der Waals surface area contributed by atoms with E-state index in [0.717, 1.165) is 19.4 Å². The van der Waals surface area contributed by atoms with E-state index in [2.05, 4.69) is 31.3 Å². The fraction of sp³-hybridized carbons (Fsp3) is 0.600. The number of rotatable bonds is 6. The average molecular weight is 297 g/mol. The van der Waals surface area contributed by atoms with Gasteiger partial charge in [0.1, 0.15) is 6.04 Å². The minimum Gasteiger partial charge on any atom is -0.748 e. The van der Waals surface area contributed by atoms with Crippen LogP contribution in [0.25, 0.3) is 0 Å². The summed E-state index contributed by atoms with van der Waals surface area (Å²) < 4.78 is 31.7. The first-order chi connectivity index (χ1) is 9.47. The van der Waals surface area contributed by atoms with Crippen molar-refractivity contribution in [2.45, 2.75) is 38.1 Å². The molecule has 0 saturated carbocycles. The van der Waals surface area contributed by atoms with Gasteiger partial charge in [-0.05, 0) is 31.2 Å². The topological polar surface area (TPSA) is 61.6 Å². The molecule has 20 heavy (non-hydrogen) atoms. The van der Waals surface area contributed by atoms with Gasteiger partial charge in [0.2, 0.25) is 0 Å². The third-order valence-corrected chi connectivity index (χ3v) is 4.97. The van der Waals surface area contributed by atoms with Crippen molar-refractivity contribution in [3.05, 3.63) is 35.4 Å². The molecule has 1 aromatic rings. The summed E-state index contributed by atoms with van der Waals surface area (Å²) in [7, 11) is -1.89. The first-order valence-corrected chi connectivity index (χ1v) is 8.89. The van der Waals surface area contributed by atoms with Crippen LogP contribution < -0.4 is 4.90 Å². The highest BCUT2D eigenvalue weighted by molar-refractivity contribution is 7.85. The molecule has 0 heterocycles. The molecular formula is C15H23NO3S. The van der Waals surface area contributed by atoms with E-state index in [4.69, 9.17) is 0 Å². The van der Waals surface area contributed by atoms with Crippen molar-refractivity contribution >= 4 is 10.1 Å². The van der Waals surface area contributed by atoms with Gasteiger partial charge < -0.3 is 9.45 Å². The Labute approximate surface area is 121 Å². The van der Waals surface area contributed by atoms with Gasteiger partial charge in [-0.25, -0.2) is 8.42 Å². The number of fused-ring (bicyclic) bond motifs is 1. The molecule has 1 aliphatic rings. The van der Waals surface area contributed by atoms with Gasteiger partial charge in [0, 0.05) is 17.7 Å². The Morgan fingerprint density at radius 1 is 1.30 bits per heavy atom. The van der Waals surface area contributed by atoms with E-state index in [1.54, 1.807) is 0 Å². The SMILES string of the molecule is C[NH+](CCCCS(=O)(=O)[O-])[C@H]1CCCc2ccccc21. The average Bonchev–Trinajstić information content (AvgIpc) is 2.41. The van der Waals surface area contributed by atoms with E-state index in [-0.39, 0.29) is 5.75 Å². The zero-order valence-electron chi connectivity index (χ0n) is 12.0. The van der Waals surface area contributed by atoms with Crippen LogP contribution in [0.4, 0.5) is 0 Å². The normalized spacial score (nSPS) is 20.4. The van der Waals surface area contributed by atoms with Crippen molar-refractivity contribution in [1.82, 2.24) is 0 Å². The molecule has 0 bridgehead atoms. The summed E-state index contributed by atoms with van der Waals surface area (Å²) in [6.45, 7) is 0.911. The third-order valence-electron chi connectivity index (χ3n) is 4.18. The Morgan fingerprint density at radius 3 is 2.80 bits per heavy atom. The molecule has 0 aliphatic heterocycles. The lowest BCUT2D eigenvalue weighted by molar-refractivity contribution is -0.913. The monoisotopic (exact) mass is 297 g/mol. The minimum absolute atomic E-state index is 0.235. The molecule has 5 heteroatoms. The summed E-state index contributed by atoms with van der Waals surface area (Å²) in [4.78, 5) is 1.42. The maximum atomic E-state index is 10.6. The van der Waals surface area contributed by atoms with Gasteiger partial charge in [0.05, 0.1) is 23.7 Å². The van der Waals surface area contributed by atoms with Gasteiger partial charge in [-0.2, -0.15) is 0 Å². The molecule has 0 radical (unpaired) electrons. The molecule has 1 N–H and O–H groups in total. The van der Waals surface area contributed by atoms with E-state index in [9.17, 15) is 13.0 Å². The lowest BCUT2D eigenvalue weighted by Crippen LogP contribution is -3.09. The predicted molar refractivity (Wildman–Crippen MR) is 77.7 cm³/mol. The second kappa shape index (κ2) is 6.70. The zero-order chi connectivity index (χ0) is 14.6. The molecule has 1 aromatic carbocycles. The van der Waals surface area contributed by atoms with Crippen LogP contribution in [0.1, 0.15) is 42.9 Å². The quantitative estimate of drug-likeness (QED) is 0.627. The molecule has 112 valence electrons. The summed E-state index contributed by atoms with van der Waals surface area (Å²) in [6, 6.07) is 9.11. The van der Waals surface area contributed by atoms with Crippen LogP contribution in [0.5, 0.6) is 0 Å². The fourth-order valence-electron chi connectivity index (χ4n) is 3.12. The number of hydrogen-bond donors (Lipinski definition) is 1. The third kappa shape index (κ3) is 4.30. The van der Waals surface area contributed by atoms with E-state index in [1.807, 2.05) is 0 Å². The molecule has 1 aliphatic carbocycles. The Bertz CT molecular complexity index is 542. The molecule has 2 atom stereocenters. The Morgan fingerprint density at radius 2 is 2.05 bits per heavy atom. The highest BCUT2D eigenvalue weighted by Crippen LogP contribution is 2.27.